The molecule has 0 heterocycles. The van der Waals surface area contributed by atoms with Crippen LogP contribution in [0.5, 0.6) is 0 Å². The lowest BCUT2D eigenvalue weighted by atomic mass is 10.1. The van der Waals surface area contributed by atoms with Gasteiger partial charge in [0.25, 0.3) is 0 Å². The van der Waals surface area contributed by atoms with Crippen LogP contribution in [-0.2, 0) is 4.79 Å². The maximum Gasteiger partial charge on any atom is 0.237 e. The summed E-state index contributed by atoms with van der Waals surface area (Å²) in [5.74, 6) is 2.59. The summed E-state index contributed by atoms with van der Waals surface area (Å²) >= 11 is 0. The maximum atomic E-state index is 11.3. The minimum atomic E-state index is -0.411. The van der Waals surface area contributed by atoms with Gasteiger partial charge in [0.05, 0.1) is 6.04 Å². The fourth-order valence-corrected chi connectivity index (χ4v) is 0.823. The number of nitrogens with two attached hydrogens (primary N) is 1. The van der Waals surface area contributed by atoms with E-state index in [9.17, 15) is 4.79 Å². The van der Waals surface area contributed by atoms with Crippen LogP contribution >= 0.6 is 0 Å². The summed E-state index contributed by atoms with van der Waals surface area (Å²) in [5.41, 5.74) is 5.62. The van der Waals surface area contributed by atoms with Crippen LogP contribution in [0.1, 0.15) is 26.7 Å². The molecule has 0 aliphatic heterocycles. The number of nitrogens with one attached hydrogen (secondary N) is 1. The van der Waals surface area contributed by atoms with Crippen LogP contribution in [0.3, 0.4) is 0 Å². The number of terminal acetylenes is 1. The average Bonchev–Trinajstić information content (AvgIpc) is 2.10. The first kappa shape index (κ1) is 12.0. The van der Waals surface area contributed by atoms with E-state index < -0.39 is 6.04 Å². The first-order chi connectivity index (χ1) is 6.09. The molecular formula is C10H18N2O. The molecule has 13 heavy (non-hydrogen) atoms. The highest BCUT2D eigenvalue weighted by molar-refractivity contribution is 5.81. The summed E-state index contributed by atoms with van der Waals surface area (Å²) in [6.45, 7) is 4.46. The number of carbonyl (C=O) groups excluding carboxylic acids is 1. The summed E-state index contributed by atoms with van der Waals surface area (Å²) in [4.78, 5) is 11.3. The van der Waals surface area contributed by atoms with Gasteiger partial charge >= 0.3 is 0 Å². The fourth-order valence-electron chi connectivity index (χ4n) is 0.823. The molecular weight excluding hydrogens is 164 g/mol. The summed E-state index contributed by atoms with van der Waals surface area (Å²) in [6, 6.07) is -0.411. The van der Waals surface area contributed by atoms with Crippen LogP contribution in [-0.4, -0.2) is 18.5 Å². The quantitative estimate of drug-likeness (QED) is 0.480. The Bertz CT molecular complexity index is 194. The van der Waals surface area contributed by atoms with Gasteiger partial charge in [-0.15, -0.1) is 12.3 Å². The first-order valence-electron chi connectivity index (χ1n) is 4.56. The Morgan fingerprint density at radius 3 is 2.69 bits per heavy atom. The Kier molecular flexibility index (Phi) is 5.99. The van der Waals surface area contributed by atoms with Crippen LogP contribution in [0.2, 0.25) is 0 Å². The molecule has 3 nitrogen and oxygen atoms in total. The second kappa shape index (κ2) is 6.50. The zero-order valence-electron chi connectivity index (χ0n) is 8.34. The third-order valence-electron chi connectivity index (χ3n) is 1.82. The summed E-state index contributed by atoms with van der Waals surface area (Å²) in [7, 11) is 0. The third-order valence-corrected chi connectivity index (χ3v) is 1.82. The van der Waals surface area contributed by atoms with Gasteiger partial charge in [0, 0.05) is 13.0 Å². The van der Waals surface area contributed by atoms with E-state index in [0.29, 0.717) is 13.0 Å². The topological polar surface area (TPSA) is 55.1 Å². The van der Waals surface area contributed by atoms with Crippen molar-refractivity contribution in [3.05, 3.63) is 0 Å². The van der Waals surface area contributed by atoms with Crippen LogP contribution in [0, 0.1) is 18.3 Å². The molecule has 0 aromatic heterocycles. The van der Waals surface area contributed by atoms with Crippen LogP contribution in [0.15, 0.2) is 0 Å². The summed E-state index contributed by atoms with van der Waals surface area (Å²) < 4.78 is 0. The van der Waals surface area contributed by atoms with Crippen molar-refractivity contribution in [2.24, 2.45) is 11.7 Å². The van der Waals surface area contributed by atoms with Crippen molar-refractivity contribution in [3.8, 4) is 12.3 Å². The number of hydrogen-bond donors (Lipinski definition) is 2. The van der Waals surface area contributed by atoms with E-state index in [2.05, 4.69) is 11.2 Å². The van der Waals surface area contributed by atoms with Crippen molar-refractivity contribution >= 4 is 5.91 Å². The van der Waals surface area contributed by atoms with Gasteiger partial charge in [0.15, 0.2) is 0 Å². The van der Waals surface area contributed by atoms with E-state index in [4.69, 9.17) is 12.2 Å². The number of unbranched alkanes of at least 4 members (excludes halogenated alkanes) is 1. The molecule has 0 fully saturated rings. The van der Waals surface area contributed by atoms with Gasteiger partial charge in [-0.05, 0) is 12.3 Å². The van der Waals surface area contributed by atoms with Crippen molar-refractivity contribution in [1.82, 2.24) is 5.32 Å². The number of amides is 1. The largest absolute Gasteiger partial charge is 0.355 e. The Morgan fingerprint density at radius 1 is 1.62 bits per heavy atom. The Hall–Kier alpha value is -1.01. The van der Waals surface area contributed by atoms with E-state index in [-0.39, 0.29) is 11.8 Å². The third kappa shape index (κ3) is 5.26. The predicted molar refractivity (Wildman–Crippen MR) is 53.9 cm³/mol. The lowest BCUT2D eigenvalue weighted by Gasteiger charge is -2.14. The zero-order chi connectivity index (χ0) is 10.3. The van der Waals surface area contributed by atoms with Gasteiger partial charge in [-0.1, -0.05) is 13.8 Å². The molecule has 0 spiro atoms. The molecule has 1 amide bonds. The van der Waals surface area contributed by atoms with Gasteiger partial charge in [-0.3, -0.25) is 4.79 Å². The average molecular weight is 182 g/mol. The summed E-state index contributed by atoms with van der Waals surface area (Å²) in [6.07, 6.45) is 6.57. The SMILES string of the molecule is C#CCCCNC(=O)C(N)C(C)C. The monoisotopic (exact) mass is 182 g/mol. The number of rotatable bonds is 5. The predicted octanol–water partition coefficient (Wildman–Crippen LogP) is 0.499. The highest BCUT2D eigenvalue weighted by atomic mass is 16.2. The molecule has 3 N–H and O–H groups in total. The molecule has 0 aromatic carbocycles. The van der Waals surface area contributed by atoms with Crippen LogP contribution < -0.4 is 11.1 Å². The molecule has 1 atom stereocenters. The van der Waals surface area contributed by atoms with Crippen molar-refractivity contribution in [2.75, 3.05) is 6.54 Å². The standard InChI is InChI=1S/C10H18N2O/c1-4-5-6-7-12-10(13)9(11)8(2)3/h1,8-9H,5-7,11H2,2-3H3,(H,12,13). The molecule has 0 radical (unpaired) electrons. The van der Waals surface area contributed by atoms with E-state index in [1.807, 2.05) is 13.8 Å². The van der Waals surface area contributed by atoms with Gasteiger partial charge in [0.2, 0.25) is 5.91 Å². The molecule has 0 bridgehead atoms. The normalized spacial score (nSPS) is 12.2. The molecule has 74 valence electrons. The number of hydrogen-bond acceptors (Lipinski definition) is 2. The van der Waals surface area contributed by atoms with E-state index >= 15 is 0 Å². The Labute approximate surface area is 80.1 Å². The molecule has 0 rings (SSSR count). The number of carbonyl (C=O) groups is 1. The summed E-state index contributed by atoms with van der Waals surface area (Å²) in [5, 5.41) is 2.74. The first-order valence-corrected chi connectivity index (χ1v) is 4.56. The van der Waals surface area contributed by atoms with Crippen molar-refractivity contribution in [2.45, 2.75) is 32.7 Å². The molecule has 0 aliphatic rings. The zero-order valence-corrected chi connectivity index (χ0v) is 8.34. The van der Waals surface area contributed by atoms with Gasteiger partial charge in [-0.2, -0.15) is 0 Å². The van der Waals surface area contributed by atoms with Crippen molar-refractivity contribution in [3.63, 3.8) is 0 Å². The molecule has 1 unspecified atom stereocenters. The second-order valence-electron chi connectivity index (χ2n) is 3.37. The Balaban J connectivity index is 3.57. The van der Waals surface area contributed by atoms with Gasteiger partial charge in [-0.25, -0.2) is 0 Å². The highest BCUT2D eigenvalue weighted by Gasteiger charge is 2.15. The van der Waals surface area contributed by atoms with Crippen molar-refractivity contribution < 1.29 is 4.79 Å². The maximum absolute atomic E-state index is 11.3. The smallest absolute Gasteiger partial charge is 0.237 e. The molecule has 0 saturated carbocycles. The molecule has 3 heteroatoms. The lowest BCUT2D eigenvalue weighted by Crippen LogP contribution is -2.44. The van der Waals surface area contributed by atoms with Crippen molar-refractivity contribution in [1.29, 1.82) is 0 Å². The van der Waals surface area contributed by atoms with Crippen LogP contribution in [0.4, 0.5) is 0 Å². The van der Waals surface area contributed by atoms with Crippen LogP contribution in [0.25, 0.3) is 0 Å². The van der Waals surface area contributed by atoms with E-state index in [1.165, 1.54) is 0 Å². The van der Waals surface area contributed by atoms with Gasteiger partial charge in [0.1, 0.15) is 0 Å². The van der Waals surface area contributed by atoms with E-state index in [0.717, 1.165) is 6.42 Å². The fraction of sp³-hybridized carbons (Fsp3) is 0.700. The molecule has 0 saturated heterocycles. The minimum Gasteiger partial charge on any atom is -0.355 e. The van der Waals surface area contributed by atoms with E-state index in [1.54, 1.807) is 0 Å². The minimum absolute atomic E-state index is 0.0907. The van der Waals surface area contributed by atoms with Gasteiger partial charge < -0.3 is 11.1 Å². The molecule has 0 aliphatic carbocycles. The second-order valence-corrected chi connectivity index (χ2v) is 3.37. The molecule has 0 aromatic rings. The lowest BCUT2D eigenvalue weighted by molar-refractivity contribution is -0.123. The highest BCUT2D eigenvalue weighted by Crippen LogP contribution is 1.97. The Morgan fingerprint density at radius 2 is 2.23 bits per heavy atom.